The van der Waals surface area contributed by atoms with E-state index in [1.54, 1.807) is 6.08 Å². The molecule has 10 heteroatoms. The van der Waals surface area contributed by atoms with Crippen LogP contribution in [0.15, 0.2) is 12.1 Å². The number of amides is 3. The summed E-state index contributed by atoms with van der Waals surface area (Å²) >= 11 is 0. The summed E-state index contributed by atoms with van der Waals surface area (Å²) in [7, 11) is 1.37. The lowest BCUT2D eigenvalue weighted by Gasteiger charge is -2.29. The molecule has 3 aliphatic rings. The molecule has 2 aromatic rings. The topological polar surface area (TPSA) is 107 Å². The monoisotopic (exact) mass is 495 g/mol. The van der Waals surface area contributed by atoms with Crippen LogP contribution in [0.25, 0.3) is 11.6 Å². The number of halogens is 1. The third-order valence-corrected chi connectivity index (χ3v) is 7.11. The van der Waals surface area contributed by atoms with E-state index in [1.807, 2.05) is 11.8 Å². The molecule has 3 N–H and O–H groups in total. The first kappa shape index (κ1) is 24.2. The van der Waals surface area contributed by atoms with Gasteiger partial charge in [-0.15, -0.1) is 0 Å². The highest BCUT2D eigenvalue weighted by Crippen LogP contribution is 2.37. The normalized spacial score (nSPS) is 18.5. The third-order valence-electron chi connectivity index (χ3n) is 7.11. The Bertz CT molecular complexity index is 1260. The number of ether oxygens (including phenoxy) is 1. The van der Waals surface area contributed by atoms with Crippen molar-refractivity contribution in [3.8, 4) is 0 Å². The number of anilines is 2. The Hall–Kier alpha value is -3.50. The van der Waals surface area contributed by atoms with Crippen molar-refractivity contribution in [1.29, 1.82) is 0 Å². The van der Waals surface area contributed by atoms with Gasteiger partial charge >= 0.3 is 0 Å². The second-order valence-electron chi connectivity index (χ2n) is 9.48. The molecule has 0 aliphatic carbocycles. The molecular formula is C26H30FN5O4. The Kier molecular flexibility index (Phi) is 6.63. The van der Waals surface area contributed by atoms with E-state index in [0.29, 0.717) is 47.6 Å². The van der Waals surface area contributed by atoms with Crippen molar-refractivity contribution in [1.82, 2.24) is 14.8 Å². The molecule has 5 rings (SSSR count). The SMILES string of the molecule is COCC(=O)Nc1cc2c(cc1F)/C(=C/c1[nH]c3c(c1C)C(=O)N(CCN1CCCC1)CC3)C(=O)N2. The largest absolute Gasteiger partial charge is 0.375 e. The zero-order valence-electron chi connectivity index (χ0n) is 20.5. The van der Waals surface area contributed by atoms with E-state index >= 15 is 0 Å². The van der Waals surface area contributed by atoms with Crippen LogP contribution in [-0.2, 0) is 20.7 Å². The second kappa shape index (κ2) is 9.87. The van der Waals surface area contributed by atoms with Gasteiger partial charge in [-0.05, 0) is 56.6 Å². The van der Waals surface area contributed by atoms with Crippen molar-refractivity contribution < 1.29 is 23.5 Å². The molecule has 0 atom stereocenters. The van der Waals surface area contributed by atoms with Crippen LogP contribution >= 0.6 is 0 Å². The number of likely N-dealkylation sites (tertiary alicyclic amines) is 1. The molecule has 0 spiro atoms. The first-order chi connectivity index (χ1) is 17.4. The summed E-state index contributed by atoms with van der Waals surface area (Å²) in [5, 5.41) is 5.17. The number of hydrogen-bond acceptors (Lipinski definition) is 5. The molecule has 1 saturated heterocycles. The van der Waals surface area contributed by atoms with Crippen LogP contribution in [0.3, 0.4) is 0 Å². The fraction of sp³-hybridized carbons (Fsp3) is 0.423. The summed E-state index contributed by atoms with van der Waals surface area (Å²) in [6.45, 7) is 6.10. The predicted molar refractivity (Wildman–Crippen MR) is 134 cm³/mol. The van der Waals surface area contributed by atoms with Crippen molar-refractivity contribution in [2.75, 3.05) is 57.1 Å². The number of carbonyl (C=O) groups excluding carboxylic acids is 3. The van der Waals surface area contributed by atoms with Gasteiger partial charge in [-0.1, -0.05) is 0 Å². The lowest BCUT2D eigenvalue weighted by Crippen LogP contribution is -2.42. The Morgan fingerprint density at radius 3 is 2.72 bits per heavy atom. The number of H-pyrrole nitrogens is 1. The number of fused-ring (bicyclic) bond motifs is 2. The summed E-state index contributed by atoms with van der Waals surface area (Å²) in [5.41, 5.74) is 4.01. The highest BCUT2D eigenvalue weighted by atomic mass is 19.1. The van der Waals surface area contributed by atoms with Crippen LogP contribution in [-0.4, -0.2) is 78.9 Å². The number of carbonyl (C=O) groups is 3. The summed E-state index contributed by atoms with van der Waals surface area (Å²) in [4.78, 5) is 45.4. The molecule has 0 unspecified atom stereocenters. The van der Waals surface area contributed by atoms with Gasteiger partial charge in [-0.2, -0.15) is 0 Å². The first-order valence-electron chi connectivity index (χ1n) is 12.2. The van der Waals surface area contributed by atoms with Gasteiger partial charge in [0.2, 0.25) is 5.91 Å². The summed E-state index contributed by atoms with van der Waals surface area (Å²) in [6, 6.07) is 2.62. The molecule has 1 aromatic carbocycles. The minimum absolute atomic E-state index is 0.00704. The van der Waals surface area contributed by atoms with Crippen molar-refractivity contribution in [2.45, 2.75) is 26.2 Å². The van der Waals surface area contributed by atoms with Gasteiger partial charge in [0.25, 0.3) is 11.8 Å². The maximum atomic E-state index is 14.7. The summed E-state index contributed by atoms with van der Waals surface area (Å²) in [6.07, 6.45) is 4.82. The van der Waals surface area contributed by atoms with E-state index in [0.717, 1.165) is 30.9 Å². The molecule has 1 fully saturated rings. The fourth-order valence-electron chi connectivity index (χ4n) is 5.20. The standard InChI is InChI=1S/C26H30FN5O4/c1-15-20(28-19-5-8-32(26(35)24(15)19)10-9-31-6-3-4-7-31)12-17-16-11-18(27)22(29-23(33)14-36-2)13-21(16)30-25(17)34/h11-13,28H,3-10,14H2,1-2H3,(H,29,33)(H,30,34)/b17-12-. The Morgan fingerprint density at radius 2 is 1.97 bits per heavy atom. The van der Waals surface area contributed by atoms with E-state index in [9.17, 15) is 18.8 Å². The zero-order chi connectivity index (χ0) is 25.4. The van der Waals surface area contributed by atoms with Crippen molar-refractivity contribution >= 4 is 40.7 Å². The van der Waals surface area contributed by atoms with Crippen LogP contribution < -0.4 is 10.6 Å². The molecule has 190 valence electrons. The molecule has 0 saturated carbocycles. The molecule has 1 aromatic heterocycles. The smallest absolute Gasteiger partial charge is 0.256 e. The fourth-order valence-corrected chi connectivity index (χ4v) is 5.20. The van der Waals surface area contributed by atoms with Crippen molar-refractivity contribution in [3.63, 3.8) is 0 Å². The molecule has 0 radical (unpaired) electrons. The molecular weight excluding hydrogens is 465 g/mol. The Morgan fingerprint density at radius 1 is 1.19 bits per heavy atom. The molecule has 3 aliphatic heterocycles. The lowest BCUT2D eigenvalue weighted by atomic mass is 10.0. The number of methoxy groups -OCH3 is 1. The van der Waals surface area contributed by atoms with E-state index in [2.05, 4.69) is 20.5 Å². The maximum absolute atomic E-state index is 14.7. The van der Waals surface area contributed by atoms with Crippen LogP contribution in [0.1, 0.15) is 45.7 Å². The van der Waals surface area contributed by atoms with Crippen molar-refractivity contribution in [3.05, 3.63) is 46.0 Å². The summed E-state index contributed by atoms with van der Waals surface area (Å²) in [5.74, 6) is -1.53. The van der Waals surface area contributed by atoms with Gasteiger partial charge in [0.15, 0.2) is 0 Å². The molecule has 9 nitrogen and oxygen atoms in total. The van der Waals surface area contributed by atoms with Gasteiger partial charge in [-0.25, -0.2) is 4.39 Å². The van der Waals surface area contributed by atoms with E-state index in [1.165, 1.54) is 32.1 Å². The lowest BCUT2D eigenvalue weighted by molar-refractivity contribution is -0.119. The van der Waals surface area contributed by atoms with Crippen LogP contribution in [0.4, 0.5) is 15.8 Å². The van der Waals surface area contributed by atoms with Gasteiger partial charge in [-0.3, -0.25) is 14.4 Å². The maximum Gasteiger partial charge on any atom is 0.256 e. The quantitative estimate of drug-likeness (QED) is 0.512. The van der Waals surface area contributed by atoms with Crippen LogP contribution in [0.2, 0.25) is 0 Å². The average molecular weight is 496 g/mol. The first-order valence-corrected chi connectivity index (χ1v) is 12.2. The number of aromatic nitrogens is 1. The molecule has 36 heavy (non-hydrogen) atoms. The second-order valence-corrected chi connectivity index (χ2v) is 9.48. The Labute approximate surface area is 208 Å². The average Bonchev–Trinajstić information content (AvgIpc) is 3.54. The third kappa shape index (κ3) is 4.54. The van der Waals surface area contributed by atoms with Crippen molar-refractivity contribution in [2.24, 2.45) is 0 Å². The number of aromatic amines is 1. The molecule has 4 heterocycles. The number of nitrogens with one attached hydrogen (secondary N) is 3. The van der Waals surface area contributed by atoms with Gasteiger partial charge in [0.1, 0.15) is 12.4 Å². The minimum Gasteiger partial charge on any atom is -0.375 e. The number of hydrogen-bond donors (Lipinski definition) is 3. The zero-order valence-corrected chi connectivity index (χ0v) is 20.5. The highest BCUT2D eigenvalue weighted by molar-refractivity contribution is 6.35. The number of nitrogens with zero attached hydrogens (tertiary/aromatic N) is 2. The van der Waals surface area contributed by atoms with E-state index < -0.39 is 11.7 Å². The van der Waals surface area contributed by atoms with Gasteiger partial charge in [0, 0.05) is 50.1 Å². The molecule has 3 amide bonds. The highest BCUT2D eigenvalue weighted by Gasteiger charge is 2.31. The number of rotatable bonds is 7. The Balaban J connectivity index is 1.39. The minimum atomic E-state index is -0.660. The number of benzene rings is 1. The van der Waals surface area contributed by atoms with E-state index in [-0.39, 0.29) is 24.1 Å². The van der Waals surface area contributed by atoms with Crippen LogP contribution in [0, 0.1) is 12.7 Å². The molecule has 0 bridgehead atoms. The van der Waals surface area contributed by atoms with Gasteiger partial charge in [0.05, 0.1) is 22.5 Å². The van der Waals surface area contributed by atoms with Crippen LogP contribution in [0.5, 0.6) is 0 Å². The van der Waals surface area contributed by atoms with Gasteiger partial charge < -0.3 is 30.2 Å². The summed E-state index contributed by atoms with van der Waals surface area (Å²) < 4.78 is 19.5. The van der Waals surface area contributed by atoms with E-state index in [4.69, 9.17) is 4.74 Å². The predicted octanol–water partition coefficient (Wildman–Crippen LogP) is 2.63.